The van der Waals surface area contributed by atoms with Crippen LogP contribution in [-0.4, -0.2) is 16.8 Å². The molecule has 1 unspecified atom stereocenters. The summed E-state index contributed by atoms with van der Waals surface area (Å²) >= 11 is 7.34. The number of hydrogen-bond acceptors (Lipinski definition) is 4. The number of carbonyl (C=O) groups excluding carboxylic acids is 2. The third kappa shape index (κ3) is 4.82. The highest BCUT2D eigenvalue weighted by molar-refractivity contribution is 7.13. The highest BCUT2D eigenvalue weighted by Crippen LogP contribution is 2.22. The van der Waals surface area contributed by atoms with E-state index in [1.807, 2.05) is 18.4 Å². The first-order valence-electron chi connectivity index (χ1n) is 6.68. The highest BCUT2D eigenvalue weighted by Gasteiger charge is 2.18. The molecule has 2 N–H and O–H groups in total. The lowest BCUT2D eigenvalue weighted by Crippen LogP contribution is -2.29. The largest absolute Gasteiger partial charge is 0.349 e. The second kappa shape index (κ2) is 7.38. The van der Waals surface area contributed by atoms with Crippen LogP contribution in [0.5, 0.6) is 0 Å². The van der Waals surface area contributed by atoms with Gasteiger partial charge in [-0.2, -0.15) is 0 Å². The number of thiazole rings is 1. The van der Waals surface area contributed by atoms with Crippen molar-refractivity contribution in [2.24, 2.45) is 0 Å². The number of amides is 2. The smallest absolute Gasteiger partial charge is 0.228 e. The average Bonchev–Trinajstić information content (AvgIpc) is 2.82. The van der Waals surface area contributed by atoms with Gasteiger partial charge in [-0.05, 0) is 24.6 Å². The van der Waals surface area contributed by atoms with E-state index in [0.29, 0.717) is 10.2 Å². The molecule has 2 rings (SSSR count). The first kappa shape index (κ1) is 16.5. The van der Waals surface area contributed by atoms with Crippen LogP contribution in [0.15, 0.2) is 29.6 Å². The molecule has 0 aliphatic heterocycles. The summed E-state index contributed by atoms with van der Waals surface area (Å²) in [4.78, 5) is 27.7. The summed E-state index contributed by atoms with van der Waals surface area (Å²) in [5.41, 5.74) is 1.64. The minimum absolute atomic E-state index is 0.110. The Hall–Kier alpha value is -1.92. The molecule has 0 radical (unpaired) electrons. The monoisotopic (exact) mass is 337 g/mol. The molecule has 0 saturated carbocycles. The molecule has 0 aliphatic rings. The Balaban J connectivity index is 2.09. The first-order valence-corrected chi connectivity index (χ1v) is 7.94. The van der Waals surface area contributed by atoms with E-state index >= 15 is 0 Å². The van der Waals surface area contributed by atoms with E-state index < -0.39 is 6.04 Å². The van der Waals surface area contributed by atoms with Gasteiger partial charge in [-0.25, -0.2) is 4.98 Å². The molecular weight excluding hydrogens is 322 g/mol. The summed E-state index contributed by atoms with van der Waals surface area (Å²) in [5, 5.41) is 8.47. The summed E-state index contributed by atoms with van der Waals surface area (Å²) in [6, 6.07) is 6.66. The van der Waals surface area contributed by atoms with Crippen molar-refractivity contribution < 1.29 is 9.59 Å². The molecule has 2 amide bonds. The molecule has 1 aromatic heterocycles. The maximum atomic E-state index is 12.1. The summed E-state index contributed by atoms with van der Waals surface area (Å²) in [6.07, 6.45) is 0.110. The van der Waals surface area contributed by atoms with Crippen LogP contribution in [0.3, 0.4) is 0 Å². The number of hydrogen-bond donors (Lipinski definition) is 2. The van der Waals surface area contributed by atoms with Crippen molar-refractivity contribution in [1.29, 1.82) is 0 Å². The topological polar surface area (TPSA) is 71.1 Å². The maximum absolute atomic E-state index is 12.1. The zero-order valence-corrected chi connectivity index (χ0v) is 13.8. The Bertz CT molecular complexity index is 687. The van der Waals surface area contributed by atoms with Gasteiger partial charge in [-0.15, -0.1) is 11.3 Å². The lowest BCUT2D eigenvalue weighted by molar-refractivity contribution is -0.120. The first-order chi connectivity index (χ1) is 10.4. The number of aryl methyl sites for hydroxylation is 1. The summed E-state index contributed by atoms with van der Waals surface area (Å²) < 4.78 is 0. The van der Waals surface area contributed by atoms with E-state index in [4.69, 9.17) is 11.6 Å². The van der Waals surface area contributed by atoms with E-state index in [-0.39, 0.29) is 18.2 Å². The second-order valence-electron chi connectivity index (χ2n) is 4.85. The van der Waals surface area contributed by atoms with Crippen LogP contribution < -0.4 is 10.6 Å². The lowest BCUT2D eigenvalue weighted by atomic mass is 10.0. The van der Waals surface area contributed by atoms with Gasteiger partial charge in [0.1, 0.15) is 0 Å². The number of benzene rings is 1. The van der Waals surface area contributed by atoms with Gasteiger partial charge in [0.25, 0.3) is 0 Å². The molecule has 7 heteroatoms. The molecular formula is C15H16ClN3O2S. The molecule has 0 saturated heterocycles. The summed E-state index contributed by atoms with van der Waals surface area (Å²) in [7, 11) is 0. The minimum Gasteiger partial charge on any atom is -0.349 e. The van der Waals surface area contributed by atoms with Gasteiger partial charge in [0, 0.05) is 17.3 Å². The molecule has 1 aromatic carbocycles. The van der Waals surface area contributed by atoms with Gasteiger partial charge in [-0.3, -0.25) is 9.59 Å². The lowest BCUT2D eigenvalue weighted by Gasteiger charge is -2.18. The van der Waals surface area contributed by atoms with Crippen molar-refractivity contribution in [3.05, 3.63) is 45.9 Å². The van der Waals surface area contributed by atoms with E-state index in [1.165, 1.54) is 18.3 Å². The molecule has 0 spiro atoms. The predicted octanol–water partition coefficient (Wildman–Crippen LogP) is 3.31. The van der Waals surface area contributed by atoms with E-state index in [0.717, 1.165) is 11.3 Å². The summed E-state index contributed by atoms with van der Waals surface area (Å²) in [6.45, 7) is 3.28. The van der Waals surface area contributed by atoms with Crippen molar-refractivity contribution >= 4 is 39.9 Å². The molecule has 1 atom stereocenters. The fraction of sp³-hybridized carbons (Fsp3) is 0.267. The molecule has 2 aromatic rings. The van der Waals surface area contributed by atoms with Crippen LogP contribution in [0, 0.1) is 6.92 Å². The van der Waals surface area contributed by atoms with Gasteiger partial charge in [0.2, 0.25) is 11.8 Å². The molecule has 116 valence electrons. The van der Waals surface area contributed by atoms with Crippen molar-refractivity contribution in [1.82, 2.24) is 10.3 Å². The van der Waals surface area contributed by atoms with Crippen LogP contribution in [0.4, 0.5) is 5.13 Å². The Morgan fingerprint density at radius 2 is 2.18 bits per heavy atom. The normalized spacial score (nSPS) is 11.8. The number of anilines is 1. The number of aromatic nitrogens is 1. The fourth-order valence-electron chi connectivity index (χ4n) is 1.99. The Labute approximate surface area is 137 Å². The molecule has 1 heterocycles. The van der Waals surface area contributed by atoms with E-state index in [9.17, 15) is 9.59 Å². The van der Waals surface area contributed by atoms with Crippen molar-refractivity contribution in [2.45, 2.75) is 26.3 Å². The zero-order valence-electron chi connectivity index (χ0n) is 12.2. The Kier molecular flexibility index (Phi) is 5.51. The fourth-order valence-corrected chi connectivity index (χ4v) is 2.89. The SMILES string of the molecule is CC(=O)NC(CC(=O)Nc1nc(C)cs1)c1cccc(Cl)c1. The Morgan fingerprint density at radius 3 is 2.77 bits per heavy atom. The number of halogens is 1. The second-order valence-corrected chi connectivity index (χ2v) is 6.15. The number of nitrogens with one attached hydrogen (secondary N) is 2. The minimum atomic E-state index is -0.433. The highest BCUT2D eigenvalue weighted by atomic mass is 35.5. The van der Waals surface area contributed by atoms with Crippen molar-refractivity contribution in [3.63, 3.8) is 0 Å². The standard InChI is InChI=1S/C15H16ClN3O2S/c1-9-8-22-15(17-9)19-14(21)7-13(18-10(2)20)11-4-3-5-12(16)6-11/h3-6,8,13H,7H2,1-2H3,(H,18,20)(H,17,19,21). The van der Waals surface area contributed by atoms with Gasteiger partial charge in [0.15, 0.2) is 5.13 Å². The predicted molar refractivity (Wildman–Crippen MR) is 88.1 cm³/mol. The van der Waals surface area contributed by atoms with Crippen LogP contribution >= 0.6 is 22.9 Å². The van der Waals surface area contributed by atoms with Crippen LogP contribution in [0.2, 0.25) is 5.02 Å². The quantitative estimate of drug-likeness (QED) is 0.879. The third-order valence-corrected chi connectivity index (χ3v) is 3.99. The number of carbonyl (C=O) groups is 2. The van der Waals surface area contributed by atoms with Crippen LogP contribution in [-0.2, 0) is 9.59 Å². The van der Waals surface area contributed by atoms with Crippen molar-refractivity contribution in [3.8, 4) is 0 Å². The molecule has 0 aliphatic carbocycles. The zero-order chi connectivity index (χ0) is 16.1. The maximum Gasteiger partial charge on any atom is 0.228 e. The number of rotatable bonds is 5. The van der Waals surface area contributed by atoms with E-state index in [2.05, 4.69) is 15.6 Å². The van der Waals surface area contributed by atoms with Gasteiger partial charge in [-0.1, -0.05) is 23.7 Å². The summed E-state index contributed by atoms with van der Waals surface area (Å²) in [5.74, 6) is -0.420. The average molecular weight is 338 g/mol. The van der Waals surface area contributed by atoms with Crippen LogP contribution in [0.25, 0.3) is 0 Å². The molecule has 22 heavy (non-hydrogen) atoms. The third-order valence-electron chi connectivity index (χ3n) is 2.88. The van der Waals surface area contributed by atoms with Crippen molar-refractivity contribution in [2.75, 3.05) is 5.32 Å². The van der Waals surface area contributed by atoms with Gasteiger partial charge < -0.3 is 10.6 Å². The van der Waals surface area contributed by atoms with Gasteiger partial charge >= 0.3 is 0 Å². The number of nitrogens with zero attached hydrogens (tertiary/aromatic N) is 1. The van der Waals surface area contributed by atoms with E-state index in [1.54, 1.807) is 18.2 Å². The van der Waals surface area contributed by atoms with Crippen LogP contribution in [0.1, 0.15) is 30.6 Å². The van der Waals surface area contributed by atoms with Gasteiger partial charge in [0.05, 0.1) is 18.2 Å². The Morgan fingerprint density at radius 1 is 1.41 bits per heavy atom. The molecule has 0 fully saturated rings. The molecule has 0 bridgehead atoms. The molecule has 5 nitrogen and oxygen atoms in total.